The molecule has 0 aliphatic heterocycles. The van der Waals surface area contributed by atoms with Gasteiger partial charge in [0.2, 0.25) is 0 Å². The Bertz CT molecular complexity index is 4650. The fraction of sp³-hybridized carbons (Fsp3) is 0. The van der Waals surface area contributed by atoms with Crippen molar-refractivity contribution in [2.45, 2.75) is 0 Å². The van der Waals surface area contributed by atoms with Crippen LogP contribution in [0.2, 0.25) is 0 Å². The molecule has 0 saturated heterocycles. The van der Waals surface area contributed by atoms with Gasteiger partial charge in [0.15, 0.2) is 17.5 Å². The predicted octanol–water partition coefficient (Wildman–Crippen LogP) is 18.4. The maximum absolute atomic E-state index is 6.96. The minimum Gasteiger partial charge on any atom is -0.456 e. The summed E-state index contributed by atoms with van der Waals surface area (Å²) in [7, 11) is 0. The summed E-state index contributed by atoms with van der Waals surface area (Å²) in [4.78, 5) is 15.0. The second-order valence-electron chi connectivity index (χ2n) is 19.0. The van der Waals surface area contributed by atoms with Crippen LogP contribution in [-0.4, -0.2) is 19.5 Å². The summed E-state index contributed by atoms with van der Waals surface area (Å²) < 4.78 is 16.0. The van der Waals surface area contributed by atoms with E-state index < -0.39 is 0 Å². The number of fused-ring (bicyclic) bond motifs is 9. The van der Waals surface area contributed by atoms with Gasteiger partial charge in [0, 0.05) is 54.7 Å². The molecule has 15 aromatic rings. The van der Waals surface area contributed by atoms with E-state index in [1.165, 1.54) is 21.9 Å². The number of aromatic nitrogens is 4. The highest BCUT2D eigenvalue weighted by Gasteiger charge is 2.24. The van der Waals surface area contributed by atoms with Crippen molar-refractivity contribution in [1.29, 1.82) is 0 Å². The zero-order valence-electron chi connectivity index (χ0n) is 40.4. The lowest BCUT2D eigenvalue weighted by atomic mass is 9.94. The average Bonchev–Trinajstić information content (AvgIpc) is 4.19. The van der Waals surface area contributed by atoms with E-state index in [2.05, 4.69) is 193 Å². The Hall–Kier alpha value is -10.2. The smallest absolute Gasteiger partial charge is 0.164 e. The molecule has 75 heavy (non-hydrogen) atoms. The molecule has 4 aromatic heterocycles. The summed E-state index contributed by atoms with van der Waals surface area (Å²) in [5.41, 5.74) is 18.1. The minimum atomic E-state index is 0.606. The van der Waals surface area contributed by atoms with Crippen LogP contribution in [-0.2, 0) is 0 Å². The molecule has 350 valence electrons. The van der Waals surface area contributed by atoms with E-state index >= 15 is 0 Å². The SMILES string of the molecule is c1ccc(-c2ccc3c(c2)c2ccccc2n3-c2c(-c3cccc(-c4cccc5c4oc4cccc(-c6cccc(-c7nc(-c8ccccc8)nc(-c8ccccc8)n7)c6)c45)c3)ccc3oc4ccccc4c23)cc1. The summed E-state index contributed by atoms with van der Waals surface area (Å²) in [6, 6.07) is 89.3. The van der Waals surface area contributed by atoms with Gasteiger partial charge in [0.05, 0.1) is 22.1 Å². The molecule has 15 rings (SSSR count). The van der Waals surface area contributed by atoms with Crippen molar-refractivity contribution in [3.8, 4) is 84.4 Å². The molecule has 0 radical (unpaired) electrons. The molecular weight excluding hydrogens is 917 g/mol. The number of para-hydroxylation sites is 3. The summed E-state index contributed by atoms with van der Waals surface area (Å²) in [6.45, 7) is 0. The van der Waals surface area contributed by atoms with E-state index in [4.69, 9.17) is 23.8 Å². The van der Waals surface area contributed by atoms with E-state index in [1.807, 2.05) is 66.7 Å². The number of rotatable bonds is 8. The Kier molecular flexibility index (Phi) is 9.78. The molecule has 0 aliphatic rings. The molecule has 0 N–H and O–H groups in total. The van der Waals surface area contributed by atoms with Crippen molar-refractivity contribution in [1.82, 2.24) is 19.5 Å². The Labute approximate surface area is 431 Å². The van der Waals surface area contributed by atoms with Gasteiger partial charge in [-0.15, -0.1) is 0 Å². The quantitative estimate of drug-likeness (QED) is 0.152. The van der Waals surface area contributed by atoms with Gasteiger partial charge in [-0.25, -0.2) is 15.0 Å². The summed E-state index contributed by atoms with van der Waals surface area (Å²) in [6.07, 6.45) is 0. The number of hydrogen-bond acceptors (Lipinski definition) is 5. The van der Waals surface area contributed by atoms with Crippen molar-refractivity contribution in [2.75, 3.05) is 0 Å². The van der Waals surface area contributed by atoms with Crippen LogP contribution in [0.3, 0.4) is 0 Å². The molecule has 0 saturated carbocycles. The minimum absolute atomic E-state index is 0.606. The van der Waals surface area contributed by atoms with E-state index in [9.17, 15) is 0 Å². The van der Waals surface area contributed by atoms with Gasteiger partial charge in [0.25, 0.3) is 0 Å². The number of benzene rings is 11. The largest absolute Gasteiger partial charge is 0.456 e. The summed E-state index contributed by atoms with van der Waals surface area (Å²) >= 11 is 0. The van der Waals surface area contributed by atoms with Crippen LogP contribution in [0, 0.1) is 0 Å². The molecule has 0 amide bonds. The maximum Gasteiger partial charge on any atom is 0.164 e. The zero-order valence-corrected chi connectivity index (χ0v) is 40.4. The van der Waals surface area contributed by atoms with Gasteiger partial charge >= 0.3 is 0 Å². The number of furan rings is 2. The van der Waals surface area contributed by atoms with Crippen LogP contribution in [0.5, 0.6) is 0 Å². The summed E-state index contributed by atoms with van der Waals surface area (Å²) in [5, 5.41) is 6.62. The molecule has 4 heterocycles. The Morgan fingerprint density at radius 3 is 1.52 bits per heavy atom. The second-order valence-corrected chi connectivity index (χ2v) is 19.0. The highest BCUT2D eigenvalue weighted by atomic mass is 16.3. The van der Waals surface area contributed by atoms with Crippen LogP contribution in [0.25, 0.3) is 150 Å². The van der Waals surface area contributed by atoms with E-state index in [1.54, 1.807) is 0 Å². The molecule has 0 atom stereocenters. The van der Waals surface area contributed by atoms with Crippen molar-refractivity contribution in [2.24, 2.45) is 0 Å². The zero-order chi connectivity index (χ0) is 49.4. The third-order valence-electron chi connectivity index (χ3n) is 14.7. The first kappa shape index (κ1) is 42.5. The average molecular weight is 959 g/mol. The van der Waals surface area contributed by atoms with Crippen molar-refractivity contribution >= 4 is 65.7 Å². The monoisotopic (exact) mass is 958 g/mol. The number of hydrogen-bond donors (Lipinski definition) is 0. The Morgan fingerprint density at radius 2 is 0.773 bits per heavy atom. The van der Waals surface area contributed by atoms with Crippen LogP contribution in [0.4, 0.5) is 0 Å². The van der Waals surface area contributed by atoms with Crippen LogP contribution >= 0.6 is 0 Å². The van der Waals surface area contributed by atoms with Crippen LogP contribution < -0.4 is 0 Å². The van der Waals surface area contributed by atoms with Gasteiger partial charge in [0.1, 0.15) is 22.3 Å². The lowest BCUT2D eigenvalue weighted by molar-refractivity contribution is 0.669. The van der Waals surface area contributed by atoms with Crippen molar-refractivity contribution in [3.05, 3.63) is 255 Å². The van der Waals surface area contributed by atoms with Gasteiger partial charge in [-0.1, -0.05) is 200 Å². The second kappa shape index (κ2) is 17.3. The van der Waals surface area contributed by atoms with Crippen LogP contribution in [0.1, 0.15) is 0 Å². The van der Waals surface area contributed by atoms with E-state index in [-0.39, 0.29) is 0 Å². The van der Waals surface area contributed by atoms with Gasteiger partial charge < -0.3 is 13.4 Å². The Morgan fingerprint density at radius 1 is 0.267 bits per heavy atom. The van der Waals surface area contributed by atoms with Gasteiger partial charge in [-0.05, 0) is 88.0 Å². The predicted molar refractivity (Wildman–Crippen MR) is 307 cm³/mol. The lowest BCUT2D eigenvalue weighted by Gasteiger charge is -2.17. The molecule has 6 heteroatoms. The highest BCUT2D eigenvalue weighted by molar-refractivity contribution is 6.18. The third-order valence-corrected chi connectivity index (χ3v) is 14.7. The van der Waals surface area contributed by atoms with Crippen molar-refractivity contribution in [3.63, 3.8) is 0 Å². The first-order valence-electron chi connectivity index (χ1n) is 25.2. The van der Waals surface area contributed by atoms with E-state index in [0.29, 0.717) is 17.5 Å². The van der Waals surface area contributed by atoms with Gasteiger partial charge in [-0.2, -0.15) is 0 Å². The first-order valence-corrected chi connectivity index (χ1v) is 25.2. The highest BCUT2D eigenvalue weighted by Crippen LogP contribution is 2.46. The molecule has 11 aromatic carbocycles. The van der Waals surface area contributed by atoms with Gasteiger partial charge in [-0.3, -0.25) is 0 Å². The van der Waals surface area contributed by atoms with Crippen molar-refractivity contribution < 1.29 is 8.83 Å². The third kappa shape index (κ3) is 7.07. The topological polar surface area (TPSA) is 69.9 Å². The molecule has 6 nitrogen and oxygen atoms in total. The molecule has 0 unspecified atom stereocenters. The standard InChI is InChI=1S/C69H42N4O2/c1-4-18-43(19-5-1)46-36-38-59-57(42-46)54-28-10-12-33-58(54)73(59)65-52(37-39-62-64(65)55-29-11-13-34-60(55)74-62)48-25-14-26-49(40-48)53-31-16-32-56-63-51(30-17-35-61(63)75-66(53)56)47-24-15-27-50(41-47)69-71-67(44-20-6-2-7-21-44)70-68(72-69)45-22-8-3-9-23-45/h1-42H. The molecule has 0 bridgehead atoms. The molecule has 0 aliphatic carbocycles. The Balaban J connectivity index is 0.880. The van der Waals surface area contributed by atoms with Crippen LogP contribution in [0.15, 0.2) is 264 Å². The molecule has 0 spiro atoms. The molecule has 0 fully saturated rings. The maximum atomic E-state index is 6.96. The lowest BCUT2D eigenvalue weighted by Crippen LogP contribution is -2.00. The molecular formula is C69H42N4O2. The fourth-order valence-electron chi connectivity index (χ4n) is 11.2. The summed E-state index contributed by atoms with van der Waals surface area (Å²) in [5.74, 6) is 1.86. The fourth-order valence-corrected chi connectivity index (χ4v) is 11.2. The number of nitrogens with zero attached hydrogens (tertiary/aromatic N) is 4. The normalized spacial score (nSPS) is 11.7. The first-order chi connectivity index (χ1) is 37.2. The van der Waals surface area contributed by atoms with E-state index in [0.717, 1.165) is 111 Å².